The summed E-state index contributed by atoms with van der Waals surface area (Å²) in [4.78, 5) is 0. The molecule has 1 saturated heterocycles. The van der Waals surface area contributed by atoms with Gasteiger partial charge in [-0.15, -0.1) is 0 Å². The Balaban J connectivity index is 2.23. The molecule has 1 fully saturated rings. The monoisotopic (exact) mass is 240 g/mol. The Morgan fingerprint density at radius 1 is 1.65 bits per heavy atom. The third-order valence-electron chi connectivity index (χ3n) is 3.23. The fraction of sp³-hybridized carbons (Fsp3) is 0.727. The van der Waals surface area contributed by atoms with Crippen molar-refractivity contribution in [3.63, 3.8) is 0 Å². The van der Waals surface area contributed by atoms with Crippen LogP contribution in [0.15, 0.2) is 6.20 Å². The van der Waals surface area contributed by atoms with E-state index in [0.717, 1.165) is 30.9 Å². The van der Waals surface area contributed by atoms with Gasteiger partial charge in [-0.1, -0.05) is 0 Å². The Morgan fingerprint density at radius 3 is 3.06 bits per heavy atom. The number of aromatic nitrogens is 2. The Hall–Kier alpha value is -1.11. The average Bonchev–Trinajstić information content (AvgIpc) is 2.74. The minimum atomic E-state index is -0.0854. The van der Waals surface area contributed by atoms with E-state index in [-0.39, 0.29) is 12.1 Å². The highest BCUT2D eigenvalue weighted by atomic mass is 16.5. The first-order chi connectivity index (χ1) is 8.27. The molecule has 17 heavy (non-hydrogen) atoms. The van der Waals surface area contributed by atoms with Crippen molar-refractivity contribution < 1.29 is 9.47 Å². The van der Waals surface area contributed by atoms with Crippen LogP contribution < -0.4 is 16.0 Å². The molecule has 0 radical (unpaired) electrons. The van der Waals surface area contributed by atoms with Crippen molar-refractivity contribution in [2.45, 2.75) is 31.4 Å². The zero-order chi connectivity index (χ0) is 12.3. The van der Waals surface area contributed by atoms with Crippen LogP contribution in [0.25, 0.3) is 0 Å². The maximum Gasteiger partial charge on any atom is 0.161 e. The molecule has 1 aromatic heterocycles. The van der Waals surface area contributed by atoms with Gasteiger partial charge in [0.15, 0.2) is 5.75 Å². The van der Waals surface area contributed by atoms with E-state index in [1.807, 2.05) is 7.05 Å². The van der Waals surface area contributed by atoms with Gasteiger partial charge in [0.2, 0.25) is 0 Å². The first kappa shape index (κ1) is 12.3. The van der Waals surface area contributed by atoms with Crippen LogP contribution >= 0.6 is 0 Å². The lowest BCUT2D eigenvalue weighted by molar-refractivity contribution is -0.0103. The van der Waals surface area contributed by atoms with Crippen molar-refractivity contribution in [2.24, 2.45) is 12.9 Å². The van der Waals surface area contributed by atoms with Crippen LogP contribution in [-0.2, 0) is 11.8 Å². The molecule has 2 atom stereocenters. The molecule has 0 bridgehead atoms. The second-order valence-electron chi connectivity index (χ2n) is 4.27. The number of rotatable bonds is 4. The lowest BCUT2D eigenvalue weighted by Gasteiger charge is -2.30. The maximum atomic E-state index is 5.77. The Morgan fingerprint density at radius 2 is 2.47 bits per heavy atom. The first-order valence-electron chi connectivity index (χ1n) is 5.91. The zero-order valence-electron chi connectivity index (χ0n) is 10.3. The van der Waals surface area contributed by atoms with Crippen molar-refractivity contribution in [1.29, 1.82) is 0 Å². The quantitative estimate of drug-likeness (QED) is 0.592. The number of methoxy groups -OCH3 is 1. The van der Waals surface area contributed by atoms with Gasteiger partial charge in [-0.05, 0) is 19.3 Å². The Labute approximate surface area is 101 Å². The number of nitrogens with zero attached hydrogens (tertiary/aromatic N) is 2. The van der Waals surface area contributed by atoms with Gasteiger partial charge in [0, 0.05) is 13.7 Å². The van der Waals surface area contributed by atoms with Crippen LogP contribution in [0, 0.1) is 0 Å². The largest absolute Gasteiger partial charge is 0.493 e. The van der Waals surface area contributed by atoms with E-state index < -0.39 is 0 Å². The third-order valence-corrected chi connectivity index (χ3v) is 3.23. The molecule has 0 amide bonds. The van der Waals surface area contributed by atoms with E-state index in [4.69, 9.17) is 15.3 Å². The van der Waals surface area contributed by atoms with E-state index in [0.29, 0.717) is 0 Å². The minimum absolute atomic E-state index is 0.0815. The van der Waals surface area contributed by atoms with Crippen LogP contribution in [0.2, 0.25) is 0 Å². The fourth-order valence-electron chi connectivity index (χ4n) is 2.33. The summed E-state index contributed by atoms with van der Waals surface area (Å²) in [5.41, 5.74) is 3.76. The van der Waals surface area contributed by atoms with Crippen molar-refractivity contribution in [3.8, 4) is 5.75 Å². The van der Waals surface area contributed by atoms with E-state index in [1.54, 1.807) is 18.0 Å². The topological polar surface area (TPSA) is 74.3 Å². The predicted octanol–water partition coefficient (Wildman–Crippen LogP) is 0.502. The summed E-state index contributed by atoms with van der Waals surface area (Å²) in [6.45, 7) is 0.795. The SMILES string of the molecule is COc1cnn(C)c1C(NN)C1CCCCO1. The molecule has 0 aliphatic carbocycles. The highest BCUT2D eigenvalue weighted by molar-refractivity contribution is 5.29. The molecule has 1 aromatic rings. The van der Waals surface area contributed by atoms with Gasteiger partial charge >= 0.3 is 0 Å². The number of aryl methyl sites for hydroxylation is 1. The van der Waals surface area contributed by atoms with Crippen molar-refractivity contribution in [3.05, 3.63) is 11.9 Å². The van der Waals surface area contributed by atoms with Gasteiger partial charge in [-0.3, -0.25) is 10.5 Å². The van der Waals surface area contributed by atoms with Crippen LogP contribution in [0.3, 0.4) is 0 Å². The zero-order valence-corrected chi connectivity index (χ0v) is 10.3. The predicted molar refractivity (Wildman–Crippen MR) is 63.4 cm³/mol. The molecule has 1 aliphatic heterocycles. The molecule has 1 aliphatic rings. The van der Waals surface area contributed by atoms with E-state index in [2.05, 4.69) is 10.5 Å². The molecule has 2 rings (SSSR count). The van der Waals surface area contributed by atoms with Crippen LogP contribution in [0.5, 0.6) is 5.75 Å². The van der Waals surface area contributed by atoms with Crippen molar-refractivity contribution >= 4 is 0 Å². The first-order valence-corrected chi connectivity index (χ1v) is 5.91. The summed E-state index contributed by atoms with van der Waals surface area (Å²) in [5.74, 6) is 6.40. The van der Waals surface area contributed by atoms with Crippen LogP contribution in [0.4, 0.5) is 0 Å². The molecule has 6 heteroatoms. The van der Waals surface area contributed by atoms with Gasteiger partial charge in [0.05, 0.1) is 25.5 Å². The van der Waals surface area contributed by atoms with Crippen LogP contribution in [0.1, 0.15) is 31.0 Å². The average molecular weight is 240 g/mol. The maximum absolute atomic E-state index is 5.77. The van der Waals surface area contributed by atoms with Gasteiger partial charge in [0.25, 0.3) is 0 Å². The summed E-state index contributed by atoms with van der Waals surface area (Å²) in [5, 5.41) is 4.19. The number of nitrogens with two attached hydrogens (primary N) is 1. The van der Waals surface area contributed by atoms with Gasteiger partial charge in [-0.2, -0.15) is 5.10 Å². The van der Waals surface area contributed by atoms with Gasteiger partial charge < -0.3 is 9.47 Å². The molecule has 2 unspecified atom stereocenters. The number of ether oxygens (including phenoxy) is 2. The summed E-state index contributed by atoms with van der Waals surface area (Å²) in [6.07, 6.45) is 5.07. The Bertz CT molecular complexity index is 360. The molecule has 0 aromatic carbocycles. The smallest absolute Gasteiger partial charge is 0.161 e. The van der Waals surface area contributed by atoms with E-state index >= 15 is 0 Å². The van der Waals surface area contributed by atoms with E-state index in [1.165, 1.54) is 6.42 Å². The third kappa shape index (κ3) is 2.43. The van der Waals surface area contributed by atoms with Gasteiger partial charge in [-0.25, -0.2) is 5.43 Å². The van der Waals surface area contributed by atoms with Gasteiger partial charge in [0.1, 0.15) is 5.69 Å². The molecular formula is C11H20N4O2. The minimum Gasteiger partial charge on any atom is -0.493 e. The standard InChI is InChI=1S/C11H20N4O2/c1-15-11(9(16-2)7-13-15)10(14-12)8-5-3-4-6-17-8/h7-8,10,14H,3-6,12H2,1-2H3. The molecule has 2 heterocycles. The van der Waals surface area contributed by atoms with E-state index in [9.17, 15) is 0 Å². The highest BCUT2D eigenvalue weighted by Gasteiger charge is 2.30. The number of hydrogen-bond donors (Lipinski definition) is 2. The summed E-state index contributed by atoms with van der Waals surface area (Å²) >= 11 is 0. The normalized spacial score (nSPS) is 22.4. The number of hydrazine groups is 1. The number of nitrogens with one attached hydrogen (secondary N) is 1. The Kier molecular flexibility index (Phi) is 3.98. The van der Waals surface area contributed by atoms with Crippen LogP contribution in [-0.4, -0.2) is 29.6 Å². The van der Waals surface area contributed by atoms with Crippen molar-refractivity contribution in [2.75, 3.05) is 13.7 Å². The second kappa shape index (κ2) is 5.48. The summed E-state index contributed by atoms with van der Waals surface area (Å²) < 4.78 is 12.9. The molecule has 3 N–H and O–H groups in total. The second-order valence-corrected chi connectivity index (χ2v) is 4.27. The number of hydrogen-bond acceptors (Lipinski definition) is 5. The summed E-state index contributed by atoms with van der Waals surface area (Å²) in [6, 6.07) is -0.0854. The van der Waals surface area contributed by atoms with Crippen molar-refractivity contribution in [1.82, 2.24) is 15.2 Å². The molecule has 0 spiro atoms. The highest BCUT2D eigenvalue weighted by Crippen LogP contribution is 2.31. The lowest BCUT2D eigenvalue weighted by Crippen LogP contribution is -2.40. The molecule has 96 valence electrons. The molecule has 6 nitrogen and oxygen atoms in total. The molecule has 0 saturated carbocycles. The summed E-state index contributed by atoms with van der Waals surface area (Å²) in [7, 11) is 3.51. The fourth-order valence-corrected chi connectivity index (χ4v) is 2.33. The lowest BCUT2D eigenvalue weighted by atomic mass is 9.99. The molecular weight excluding hydrogens is 220 g/mol.